The second-order valence-electron chi connectivity index (χ2n) is 5.99. The van der Waals surface area contributed by atoms with Gasteiger partial charge >= 0.3 is 0 Å². The molecule has 0 saturated heterocycles. The Hall–Kier alpha value is -1.18. The van der Waals surface area contributed by atoms with Gasteiger partial charge in [-0.05, 0) is 36.3 Å². The summed E-state index contributed by atoms with van der Waals surface area (Å²) in [5.41, 5.74) is 12.7. The number of hydrogen-bond acceptors (Lipinski definition) is 2. The second-order valence-corrected chi connectivity index (χ2v) is 5.99. The van der Waals surface area contributed by atoms with Crippen LogP contribution in [0.1, 0.15) is 46.5 Å². The van der Waals surface area contributed by atoms with E-state index >= 15 is 0 Å². The molecule has 96 valence electrons. The Balaban J connectivity index is 0.000000171. The van der Waals surface area contributed by atoms with E-state index in [9.17, 15) is 0 Å². The van der Waals surface area contributed by atoms with E-state index in [1.807, 2.05) is 12.1 Å². The van der Waals surface area contributed by atoms with Crippen molar-refractivity contribution >= 4 is 11.4 Å². The van der Waals surface area contributed by atoms with Gasteiger partial charge in [0.05, 0.1) is 11.4 Å². The summed E-state index contributed by atoms with van der Waals surface area (Å²) in [6, 6.07) is 7.25. The first-order chi connectivity index (χ1) is 7.91. The summed E-state index contributed by atoms with van der Waals surface area (Å²) in [7, 11) is 0. The molecule has 1 aromatic carbocycles. The maximum absolute atomic E-state index is 5.39. The molecule has 0 heterocycles. The summed E-state index contributed by atoms with van der Waals surface area (Å²) < 4.78 is 0. The average molecular weight is 234 g/mol. The molecule has 0 aliphatic heterocycles. The zero-order valence-electron chi connectivity index (χ0n) is 11.4. The first kappa shape index (κ1) is 13.9. The predicted octanol–water partition coefficient (Wildman–Crippen LogP) is 4.07. The fraction of sp³-hybridized carbons (Fsp3) is 0.600. The fourth-order valence-corrected chi connectivity index (χ4v) is 2.59. The third kappa shape index (κ3) is 5.12. The highest BCUT2D eigenvalue weighted by Gasteiger charge is 2.24. The normalized spacial score (nSPS) is 22.4. The zero-order chi connectivity index (χ0) is 12.9. The number of anilines is 2. The van der Waals surface area contributed by atoms with Crippen molar-refractivity contribution in [3.05, 3.63) is 24.3 Å². The Bertz CT molecular complexity index is 324. The summed E-state index contributed by atoms with van der Waals surface area (Å²) in [6.45, 7) is 7.16. The lowest BCUT2D eigenvalue weighted by molar-refractivity contribution is 0.191. The molecule has 0 radical (unpaired) electrons. The van der Waals surface area contributed by atoms with Crippen molar-refractivity contribution in [3.63, 3.8) is 0 Å². The van der Waals surface area contributed by atoms with Gasteiger partial charge in [0.25, 0.3) is 0 Å². The highest BCUT2D eigenvalue weighted by molar-refractivity contribution is 5.62. The third-order valence-corrected chi connectivity index (χ3v) is 3.45. The first-order valence-electron chi connectivity index (χ1n) is 6.51. The topological polar surface area (TPSA) is 52.0 Å². The lowest BCUT2D eigenvalue weighted by Crippen LogP contribution is -2.20. The van der Waals surface area contributed by atoms with E-state index in [0.717, 1.165) is 5.92 Å². The van der Waals surface area contributed by atoms with E-state index in [1.165, 1.54) is 25.7 Å². The van der Waals surface area contributed by atoms with Crippen molar-refractivity contribution in [1.29, 1.82) is 0 Å². The molecule has 4 N–H and O–H groups in total. The van der Waals surface area contributed by atoms with Crippen LogP contribution in [0.3, 0.4) is 0 Å². The summed E-state index contributed by atoms with van der Waals surface area (Å²) in [5.74, 6) is 0.980. The van der Waals surface area contributed by atoms with Gasteiger partial charge in [-0.2, -0.15) is 0 Å². The number of rotatable bonds is 0. The van der Waals surface area contributed by atoms with Gasteiger partial charge in [-0.1, -0.05) is 45.7 Å². The van der Waals surface area contributed by atoms with Crippen LogP contribution < -0.4 is 11.5 Å². The molecule has 1 fully saturated rings. The molecule has 0 amide bonds. The maximum Gasteiger partial charge on any atom is 0.0547 e. The highest BCUT2D eigenvalue weighted by Crippen LogP contribution is 2.37. The van der Waals surface area contributed by atoms with Gasteiger partial charge in [-0.3, -0.25) is 0 Å². The minimum Gasteiger partial charge on any atom is -0.397 e. The summed E-state index contributed by atoms with van der Waals surface area (Å²) in [5, 5.41) is 0. The second kappa shape index (κ2) is 5.95. The Labute approximate surface area is 105 Å². The molecule has 2 rings (SSSR count). The van der Waals surface area contributed by atoms with Crippen LogP contribution in [0.25, 0.3) is 0 Å². The molecule has 0 spiro atoms. The molecule has 1 aliphatic rings. The molecule has 1 atom stereocenters. The highest BCUT2D eigenvalue weighted by atomic mass is 14.7. The summed E-state index contributed by atoms with van der Waals surface area (Å²) in [4.78, 5) is 0. The predicted molar refractivity (Wildman–Crippen MR) is 76.7 cm³/mol. The molecule has 1 saturated carbocycles. The largest absolute Gasteiger partial charge is 0.397 e. The van der Waals surface area contributed by atoms with Crippen molar-refractivity contribution in [2.24, 2.45) is 11.3 Å². The smallest absolute Gasteiger partial charge is 0.0547 e. The third-order valence-electron chi connectivity index (χ3n) is 3.45. The van der Waals surface area contributed by atoms with Gasteiger partial charge in [0.2, 0.25) is 0 Å². The van der Waals surface area contributed by atoms with Crippen molar-refractivity contribution in [3.8, 4) is 0 Å². The lowest BCUT2D eigenvalue weighted by Gasteiger charge is -2.33. The van der Waals surface area contributed by atoms with Crippen LogP contribution in [-0.2, 0) is 0 Å². The number of nitrogens with two attached hydrogens (primary N) is 2. The number of para-hydroxylation sites is 2. The molecule has 17 heavy (non-hydrogen) atoms. The average Bonchev–Trinajstić information content (AvgIpc) is 2.21. The minimum absolute atomic E-state index is 0.646. The Morgan fingerprint density at radius 1 is 1.12 bits per heavy atom. The molecule has 1 aliphatic carbocycles. The molecule has 0 bridgehead atoms. The molecular formula is C15H26N2. The monoisotopic (exact) mass is 234 g/mol. The van der Waals surface area contributed by atoms with E-state index in [1.54, 1.807) is 12.1 Å². The molecule has 0 aromatic heterocycles. The van der Waals surface area contributed by atoms with Gasteiger partial charge < -0.3 is 11.5 Å². The first-order valence-corrected chi connectivity index (χ1v) is 6.51. The van der Waals surface area contributed by atoms with Crippen LogP contribution in [0.4, 0.5) is 11.4 Å². The van der Waals surface area contributed by atoms with E-state index in [4.69, 9.17) is 11.5 Å². The Kier molecular flexibility index (Phi) is 4.86. The van der Waals surface area contributed by atoms with E-state index in [-0.39, 0.29) is 0 Å². The van der Waals surface area contributed by atoms with Crippen LogP contribution in [0.5, 0.6) is 0 Å². The van der Waals surface area contributed by atoms with Crippen molar-refractivity contribution in [2.75, 3.05) is 11.5 Å². The fourth-order valence-electron chi connectivity index (χ4n) is 2.59. The molecule has 2 heteroatoms. The number of nitrogen functional groups attached to an aromatic ring is 2. The molecule has 1 aromatic rings. The van der Waals surface area contributed by atoms with E-state index < -0.39 is 0 Å². The van der Waals surface area contributed by atoms with Crippen molar-refractivity contribution in [2.45, 2.75) is 46.5 Å². The Morgan fingerprint density at radius 2 is 1.65 bits per heavy atom. The molecule has 1 unspecified atom stereocenters. The van der Waals surface area contributed by atoms with Gasteiger partial charge in [0.1, 0.15) is 0 Å². The van der Waals surface area contributed by atoms with Gasteiger partial charge in [0, 0.05) is 0 Å². The van der Waals surface area contributed by atoms with Gasteiger partial charge in [-0.15, -0.1) is 0 Å². The van der Waals surface area contributed by atoms with Gasteiger partial charge in [-0.25, -0.2) is 0 Å². The van der Waals surface area contributed by atoms with Crippen LogP contribution in [0.15, 0.2) is 24.3 Å². The zero-order valence-corrected chi connectivity index (χ0v) is 11.4. The van der Waals surface area contributed by atoms with Crippen LogP contribution in [0.2, 0.25) is 0 Å². The number of benzene rings is 1. The minimum atomic E-state index is 0.646. The van der Waals surface area contributed by atoms with Crippen LogP contribution >= 0.6 is 0 Å². The van der Waals surface area contributed by atoms with Crippen LogP contribution in [0, 0.1) is 11.3 Å². The standard InChI is InChI=1S/C9H18.C6H8N2/c1-8-5-4-6-9(2,3)7-8;7-5-3-1-2-4-6(5)8/h8H,4-7H2,1-3H3;1-4H,7-8H2. The quantitative estimate of drug-likeness (QED) is 0.665. The lowest BCUT2D eigenvalue weighted by atomic mass is 9.73. The maximum atomic E-state index is 5.39. The van der Waals surface area contributed by atoms with Crippen molar-refractivity contribution < 1.29 is 0 Å². The van der Waals surface area contributed by atoms with Crippen LogP contribution in [-0.4, -0.2) is 0 Å². The summed E-state index contributed by atoms with van der Waals surface area (Å²) in [6.07, 6.45) is 5.79. The van der Waals surface area contributed by atoms with Crippen molar-refractivity contribution in [1.82, 2.24) is 0 Å². The van der Waals surface area contributed by atoms with E-state index in [0.29, 0.717) is 16.8 Å². The molecular weight excluding hydrogens is 208 g/mol. The Morgan fingerprint density at radius 3 is 1.94 bits per heavy atom. The number of hydrogen-bond donors (Lipinski definition) is 2. The molecule has 2 nitrogen and oxygen atoms in total. The summed E-state index contributed by atoms with van der Waals surface area (Å²) >= 11 is 0. The SMILES string of the molecule is CC1CCCC(C)(C)C1.Nc1ccccc1N. The van der Waals surface area contributed by atoms with E-state index in [2.05, 4.69) is 20.8 Å². The van der Waals surface area contributed by atoms with Gasteiger partial charge in [0.15, 0.2) is 0 Å².